The molecule has 8 rings (SSSR count). The molecule has 2 unspecified atom stereocenters. The zero-order chi connectivity index (χ0) is 52.1. The first kappa shape index (κ1) is 53.5. The van der Waals surface area contributed by atoms with E-state index in [-0.39, 0.29) is 11.8 Å². The van der Waals surface area contributed by atoms with Gasteiger partial charge in [-0.2, -0.15) is 0 Å². The molecular formula is C70H88O2. The minimum atomic E-state index is -1.10. The SMILES string of the molecule is COC1(OC)[C](c2cc(-c3c(C(C)C)cccc3C(C)C)cc(-c3c(C(C)C)cccc3C(C)C)c2)C2CCCC2[C]1c1cc(-c2c(C(C)C)cccc2C(C)C)cc(-c2c(C(C)C)cccc2C(C)C)c1. The molecule has 6 aromatic rings. The Morgan fingerprint density at radius 3 is 0.694 bits per heavy atom. The summed E-state index contributed by atoms with van der Waals surface area (Å²) < 4.78 is 14.4. The molecule has 380 valence electrons. The molecule has 2 saturated carbocycles. The smallest absolute Gasteiger partial charge is 0.189 e. The number of hydrogen-bond acceptors (Lipinski definition) is 2. The molecule has 2 aliphatic carbocycles. The lowest BCUT2D eigenvalue weighted by Gasteiger charge is -2.40. The maximum absolute atomic E-state index is 7.20. The van der Waals surface area contributed by atoms with Gasteiger partial charge in [0.05, 0.1) is 11.8 Å². The fraction of sp³-hybridized carbons (Fsp3) is 0.457. The van der Waals surface area contributed by atoms with Crippen molar-refractivity contribution < 1.29 is 9.47 Å². The van der Waals surface area contributed by atoms with Crippen LogP contribution in [0.3, 0.4) is 0 Å². The van der Waals surface area contributed by atoms with Gasteiger partial charge in [0.25, 0.3) is 0 Å². The molecule has 6 aromatic carbocycles. The largest absolute Gasteiger partial charge is 0.351 e. The molecule has 0 N–H and O–H groups in total. The van der Waals surface area contributed by atoms with Crippen molar-refractivity contribution in [1.29, 1.82) is 0 Å². The Bertz CT molecular complexity index is 2400. The third-order valence-corrected chi connectivity index (χ3v) is 16.7. The fourth-order valence-electron chi connectivity index (χ4n) is 13.3. The third kappa shape index (κ3) is 9.63. The minimum Gasteiger partial charge on any atom is -0.351 e. The van der Waals surface area contributed by atoms with Gasteiger partial charge in [0.2, 0.25) is 0 Å². The Kier molecular flexibility index (Phi) is 16.1. The van der Waals surface area contributed by atoms with Crippen LogP contribution in [0.2, 0.25) is 0 Å². The van der Waals surface area contributed by atoms with Gasteiger partial charge in [0, 0.05) is 14.2 Å². The highest BCUT2D eigenvalue weighted by molar-refractivity contribution is 5.85. The highest BCUT2D eigenvalue weighted by atomic mass is 16.7. The molecule has 0 aliphatic heterocycles. The number of methoxy groups -OCH3 is 2. The van der Waals surface area contributed by atoms with Gasteiger partial charge in [-0.15, -0.1) is 0 Å². The second kappa shape index (κ2) is 21.6. The number of ether oxygens (including phenoxy) is 2. The minimum absolute atomic E-state index is 0.244. The highest BCUT2D eigenvalue weighted by Gasteiger charge is 2.64. The van der Waals surface area contributed by atoms with E-state index in [4.69, 9.17) is 9.47 Å². The Morgan fingerprint density at radius 1 is 0.319 bits per heavy atom. The summed E-state index contributed by atoms with van der Waals surface area (Å²) in [5.74, 6) is 4.76. The van der Waals surface area contributed by atoms with E-state index in [0.29, 0.717) is 47.3 Å². The average molecular weight is 961 g/mol. The predicted molar refractivity (Wildman–Crippen MR) is 310 cm³/mol. The van der Waals surface area contributed by atoms with Crippen LogP contribution in [0.1, 0.15) is 233 Å². The molecule has 2 nitrogen and oxygen atoms in total. The number of benzene rings is 6. The standard InChI is InChI=1S/C70H88O2/c1-40(2)54-24-19-25-55(41(3)4)64(54)48-34-49(65-56(42(5)6)26-20-27-57(65)43(7)8)37-52(36-48)68-62-32-23-33-63(62)69(70(68,71-17)72-18)53-38-50(66-58(44(9)10)28-21-29-59(66)45(11)12)35-51(39-53)67-60(46(13)14)30-22-31-61(67)47(15)16/h19-22,24-31,34-47,62-63H,23,32-33H2,1-18H3. The van der Waals surface area contributed by atoms with Crippen LogP contribution in [0.25, 0.3) is 44.5 Å². The van der Waals surface area contributed by atoms with Crippen molar-refractivity contribution in [2.24, 2.45) is 11.8 Å². The summed E-state index contributed by atoms with van der Waals surface area (Å²) in [6, 6.07) is 43.2. The zero-order valence-corrected chi connectivity index (χ0v) is 47.6. The molecule has 72 heavy (non-hydrogen) atoms. The average Bonchev–Trinajstić information content (AvgIpc) is 3.93. The highest BCUT2D eigenvalue weighted by Crippen LogP contribution is 2.65. The van der Waals surface area contributed by atoms with E-state index in [1.54, 1.807) is 0 Å². The van der Waals surface area contributed by atoms with E-state index < -0.39 is 5.79 Å². The van der Waals surface area contributed by atoms with Gasteiger partial charge >= 0.3 is 0 Å². The van der Waals surface area contributed by atoms with Crippen LogP contribution in [-0.2, 0) is 9.47 Å². The quantitative estimate of drug-likeness (QED) is 0.0900. The Labute approximate surface area is 437 Å². The van der Waals surface area contributed by atoms with Gasteiger partial charge in [0.1, 0.15) is 0 Å². The van der Waals surface area contributed by atoms with Gasteiger partial charge in [-0.25, -0.2) is 0 Å². The van der Waals surface area contributed by atoms with Crippen LogP contribution in [0.5, 0.6) is 0 Å². The van der Waals surface area contributed by atoms with Gasteiger partial charge < -0.3 is 9.47 Å². The van der Waals surface area contributed by atoms with Gasteiger partial charge in [-0.05, 0) is 184 Å². The summed E-state index contributed by atoms with van der Waals surface area (Å²) in [6.07, 6.45) is 3.34. The number of fused-ring (bicyclic) bond motifs is 1. The van der Waals surface area contributed by atoms with Crippen LogP contribution >= 0.6 is 0 Å². The van der Waals surface area contributed by atoms with Gasteiger partial charge in [-0.3, -0.25) is 0 Å². The molecule has 0 spiro atoms. The summed E-state index contributed by atoms with van der Waals surface area (Å²) in [4.78, 5) is 0. The Morgan fingerprint density at radius 2 is 0.514 bits per heavy atom. The topological polar surface area (TPSA) is 18.5 Å². The van der Waals surface area contributed by atoms with Crippen molar-refractivity contribution in [3.63, 3.8) is 0 Å². The van der Waals surface area contributed by atoms with E-state index >= 15 is 0 Å². The van der Waals surface area contributed by atoms with Gasteiger partial charge in [-0.1, -0.05) is 214 Å². The van der Waals surface area contributed by atoms with Crippen molar-refractivity contribution in [2.45, 2.75) is 183 Å². The fourth-order valence-corrected chi connectivity index (χ4v) is 13.3. The Hall–Kier alpha value is -4.76. The Balaban J connectivity index is 1.48. The molecule has 2 aliphatic rings. The number of hydrogen-bond donors (Lipinski definition) is 0. The summed E-state index contributed by atoms with van der Waals surface area (Å²) in [5.41, 5.74) is 24.2. The molecule has 2 fully saturated rings. The second-order valence-corrected chi connectivity index (χ2v) is 24.1. The van der Waals surface area contributed by atoms with Crippen molar-refractivity contribution >= 4 is 0 Å². The second-order valence-electron chi connectivity index (χ2n) is 24.1. The lowest BCUT2D eigenvalue weighted by molar-refractivity contribution is -0.171. The monoisotopic (exact) mass is 961 g/mol. The van der Waals surface area contributed by atoms with Crippen LogP contribution < -0.4 is 0 Å². The lowest BCUT2D eigenvalue weighted by atomic mass is 9.76. The first-order valence-electron chi connectivity index (χ1n) is 27.9. The predicted octanol–water partition coefficient (Wildman–Crippen LogP) is 20.3. The summed E-state index contributed by atoms with van der Waals surface area (Å²) in [7, 11) is 3.82. The first-order chi connectivity index (χ1) is 34.3. The molecule has 0 heterocycles. The molecule has 0 bridgehead atoms. The van der Waals surface area contributed by atoms with E-state index in [0.717, 1.165) is 19.3 Å². The molecule has 0 aromatic heterocycles. The molecule has 0 saturated heterocycles. The van der Waals surface area contributed by atoms with Crippen molar-refractivity contribution in [3.05, 3.63) is 177 Å². The summed E-state index contributed by atoms with van der Waals surface area (Å²) >= 11 is 0. The lowest BCUT2D eigenvalue weighted by Crippen LogP contribution is -2.44. The molecule has 2 atom stereocenters. The number of rotatable bonds is 16. The molecule has 0 amide bonds. The van der Waals surface area contributed by atoms with E-state index in [1.165, 1.54) is 112 Å². The molecule has 2 radical (unpaired) electrons. The molecular weight excluding hydrogens is 873 g/mol. The van der Waals surface area contributed by atoms with E-state index in [1.807, 2.05) is 14.2 Å². The van der Waals surface area contributed by atoms with Crippen molar-refractivity contribution in [2.75, 3.05) is 14.2 Å². The van der Waals surface area contributed by atoms with Crippen LogP contribution in [0.4, 0.5) is 0 Å². The van der Waals surface area contributed by atoms with Crippen LogP contribution in [0.15, 0.2) is 109 Å². The van der Waals surface area contributed by atoms with E-state index in [9.17, 15) is 0 Å². The summed E-state index contributed by atoms with van der Waals surface area (Å²) in [5, 5.41) is 0. The van der Waals surface area contributed by atoms with Crippen LogP contribution in [0, 0.1) is 23.7 Å². The van der Waals surface area contributed by atoms with Crippen molar-refractivity contribution in [1.82, 2.24) is 0 Å². The first-order valence-corrected chi connectivity index (χ1v) is 27.9. The van der Waals surface area contributed by atoms with Crippen LogP contribution in [-0.4, -0.2) is 20.0 Å². The van der Waals surface area contributed by atoms with Crippen molar-refractivity contribution in [3.8, 4) is 44.5 Å². The van der Waals surface area contributed by atoms with Gasteiger partial charge in [0.15, 0.2) is 5.79 Å². The zero-order valence-electron chi connectivity index (χ0n) is 47.6. The maximum Gasteiger partial charge on any atom is 0.189 e. The summed E-state index contributed by atoms with van der Waals surface area (Å²) in [6.45, 7) is 37.6. The molecule has 2 heteroatoms. The van der Waals surface area contributed by atoms with E-state index in [2.05, 4.69) is 220 Å². The third-order valence-electron chi connectivity index (χ3n) is 16.7. The normalized spacial score (nSPS) is 17.4. The maximum atomic E-state index is 7.20.